The van der Waals surface area contributed by atoms with Gasteiger partial charge in [0.2, 0.25) is 5.91 Å². The van der Waals surface area contributed by atoms with Crippen molar-refractivity contribution in [3.05, 3.63) is 17.0 Å². The van der Waals surface area contributed by atoms with Crippen LogP contribution in [0.1, 0.15) is 24.6 Å². The van der Waals surface area contributed by atoms with Crippen LogP contribution in [0.3, 0.4) is 0 Å². The first-order valence-electron chi connectivity index (χ1n) is 8.61. The van der Waals surface area contributed by atoms with Crippen molar-refractivity contribution in [2.75, 3.05) is 32.8 Å². The molecule has 2 aliphatic heterocycles. The van der Waals surface area contributed by atoms with Crippen molar-refractivity contribution < 1.29 is 22.7 Å². The number of carbonyl (C=O) groups is 2. The second-order valence-corrected chi connectivity index (χ2v) is 9.69. The average molecular weight is 402 g/mol. The van der Waals surface area contributed by atoms with E-state index in [2.05, 4.69) is 5.32 Å². The molecule has 0 aromatic carbocycles. The van der Waals surface area contributed by atoms with Crippen LogP contribution in [0, 0.1) is 0 Å². The van der Waals surface area contributed by atoms with E-state index in [1.165, 1.54) is 11.2 Å². The van der Waals surface area contributed by atoms with Crippen LogP contribution in [-0.4, -0.2) is 68.3 Å². The first kappa shape index (κ1) is 19.3. The molecule has 0 bridgehead atoms. The number of ether oxygens (including phenoxy) is 1. The molecular weight excluding hydrogens is 378 g/mol. The van der Waals surface area contributed by atoms with Gasteiger partial charge in [-0.1, -0.05) is 0 Å². The van der Waals surface area contributed by atoms with Gasteiger partial charge in [-0.05, 0) is 25.0 Å². The standard InChI is InChI=1S/C16H23N3O5S2/c1-12(20)17-11-13-4-5-15(25-13)26(22,23)19-8-6-18(7-9-19)16(21)14-3-2-10-24-14/h4-5,14H,2-3,6-11H2,1H3,(H,17,20). The Bertz CT molecular complexity index is 763. The number of piperazine rings is 1. The van der Waals surface area contributed by atoms with Gasteiger partial charge >= 0.3 is 0 Å². The third kappa shape index (κ3) is 4.25. The second kappa shape index (κ2) is 8.03. The fourth-order valence-corrected chi connectivity index (χ4v) is 5.93. The van der Waals surface area contributed by atoms with Crippen molar-refractivity contribution in [3.63, 3.8) is 0 Å². The van der Waals surface area contributed by atoms with E-state index in [0.717, 1.165) is 29.1 Å². The van der Waals surface area contributed by atoms with Crippen LogP contribution in [0.4, 0.5) is 0 Å². The maximum Gasteiger partial charge on any atom is 0.252 e. The molecule has 1 unspecified atom stereocenters. The number of nitrogens with one attached hydrogen (secondary N) is 1. The van der Waals surface area contributed by atoms with Crippen LogP contribution in [0.5, 0.6) is 0 Å². The van der Waals surface area contributed by atoms with Gasteiger partial charge in [0.05, 0.1) is 6.54 Å². The number of rotatable bonds is 5. The minimum absolute atomic E-state index is 0.0340. The highest BCUT2D eigenvalue weighted by Gasteiger charge is 2.34. The molecule has 26 heavy (non-hydrogen) atoms. The molecule has 1 aromatic rings. The molecule has 1 N–H and O–H groups in total. The number of hydrogen-bond donors (Lipinski definition) is 1. The molecule has 0 aliphatic carbocycles. The normalized spacial score (nSPS) is 21.7. The van der Waals surface area contributed by atoms with Gasteiger partial charge in [0.15, 0.2) is 0 Å². The number of carbonyl (C=O) groups excluding carboxylic acids is 2. The lowest BCUT2D eigenvalue weighted by Gasteiger charge is -2.34. The molecular formula is C16H23N3O5S2. The van der Waals surface area contributed by atoms with E-state index in [1.54, 1.807) is 17.0 Å². The molecule has 2 saturated heterocycles. The van der Waals surface area contributed by atoms with Gasteiger partial charge in [-0.3, -0.25) is 9.59 Å². The fraction of sp³-hybridized carbons (Fsp3) is 0.625. The molecule has 3 heterocycles. The summed E-state index contributed by atoms with van der Waals surface area (Å²) in [7, 11) is -3.58. The molecule has 1 atom stereocenters. The molecule has 1 aromatic heterocycles. The summed E-state index contributed by atoms with van der Waals surface area (Å²) in [5, 5.41) is 2.66. The molecule has 10 heteroatoms. The summed E-state index contributed by atoms with van der Waals surface area (Å²) in [5.41, 5.74) is 0. The van der Waals surface area contributed by atoms with E-state index in [0.29, 0.717) is 26.2 Å². The lowest BCUT2D eigenvalue weighted by molar-refractivity contribution is -0.142. The molecule has 2 amide bonds. The summed E-state index contributed by atoms with van der Waals surface area (Å²) in [6, 6.07) is 3.28. The van der Waals surface area contributed by atoms with E-state index in [9.17, 15) is 18.0 Å². The Morgan fingerprint density at radius 1 is 1.27 bits per heavy atom. The summed E-state index contributed by atoms with van der Waals surface area (Å²) >= 11 is 1.16. The summed E-state index contributed by atoms with van der Waals surface area (Å²) in [4.78, 5) is 25.8. The van der Waals surface area contributed by atoms with Crippen molar-refractivity contribution in [1.82, 2.24) is 14.5 Å². The van der Waals surface area contributed by atoms with Gasteiger partial charge in [-0.25, -0.2) is 8.42 Å². The summed E-state index contributed by atoms with van der Waals surface area (Å²) in [6.45, 7) is 3.66. The zero-order valence-electron chi connectivity index (χ0n) is 14.6. The van der Waals surface area contributed by atoms with Crippen molar-refractivity contribution in [2.45, 2.75) is 36.6 Å². The number of thiophene rings is 1. The quantitative estimate of drug-likeness (QED) is 0.770. The topological polar surface area (TPSA) is 96.0 Å². The van der Waals surface area contributed by atoms with E-state index < -0.39 is 10.0 Å². The van der Waals surface area contributed by atoms with E-state index in [1.807, 2.05) is 0 Å². The zero-order valence-corrected chi connectivity index (χ0v) is 16.3. The molecule has 144 valence electrons. The first-order chi connectivity index (χ1) is 12.4. The van der Waals surface area contributed by atoms with Crippen LogP contribution in [0.15, 0.2) is 16.3 Å². The number of sulfonamides is 1. The number of amides is 2. The number of nitrogens with zero attached hydrogens (tertiary/aromatic N) is 2. The van der Waals surface area contributed by atoms with Crippen LogP contribution in [0.2, 0.25) is 0 Å². The molecule has 8 nitrogen and oxygen atoms in total. The summed E-state index contributed by atoms with van der Waals surface area (Å²) < 4.78 is 32.7. The maximum atomic E-state index is 12.8. The fourth-order valence-electron chi connectivity index (χ4n) is 3.06. The molecule has 0 saturated carbocycles. The third-order valence-corrected chi connectivity index (χ3v) is 7.95. The minimum Gasteiger partial charge on any atom is -0.368 e. The van der Waals surface area contributed by atoms with Gasteiger partial charge in [-0.2, -0.15) is 4.31 Å². The smallest absolute Gasteiger partial charge is 0.252 e. The van der Waals surface area contributed by atoms with Gasteiger partial charge in [0.1, 0.15) is 10.3 Å². The predicted octanol–water partition coefficient (Wildman–Crippen LogP) is 0.396. The predicted molar refractivity (Wildman–Crippen MR) is 96.2 cm³/mol. The van der Waals surface area contributed by atoms with Gasteiger partial charge < -0.3 is 15.0 Å². The zero-order chi connectivity index (χ0) is 18.7. The van der Waals surface area contributed by atoms with Gasteiger partial charge in [0, 0.05) is 44.6 Å². The molecule has 3 rings (SSSR count). The Kier molecular flexibility index (Phi) is 5.96. The summed E-state index contributed by atoms with van der Waals surface area (Å²) in [6.07, 6.45) is 1.26. The SMILES string of the molecule is CC(=O)NCc1ccc(S(=O)(=O)N2CCN(C(=O)C3CCCO3)CC2)s1. The van der Waals surface area contributed by atoms with E-state index in [4.69, 9.17) is 4.74 Å². The lowest BCUT2D eigenvalue weighted by atomic mass is 10.2. The Morgan fingerprint density at radius 2 is 2.00 bits per heavy atom. The maximum absolute atomic E-state index is 12.8. The highest BCUT2D eigenvalue weighted by atomic mass is 32.2. The van der Waals surface area contributed by atoms with Crippen molar-refractivity contribution in [1.29, 1.82) is 0 Å². The van der Waals surface area contributed by atoms with E-state index >= 15 is 0 Å². The van der Waals surface area contributed by atoms with Crippen molar-refractivity contribution in [2.24, 2.45) is 0 Å². The van der Waals surface area contributed by atoms with Crippen LogP contribution < -0.4 is 5.32 Å². The van der Waals surface area contributed by atoms with Gasteiger partial charge in [0.25, 0.3) is 15.9 Å². The average Bonchev–Trinajstić information content (AvgIpc) is 3.31. The Morgan fingerprint density at radius 3 is 2.62 bits per heavy atom. The van der Waals surface area contributed by atoms with Gasteiger partial charge in [-0.15, -0.1) is 11.3 Å². The van der Waals surface area contributed by atoms with Crippen LogP contribution in [0.25, 0.3) is 0 Å². The molecule has 2 aliphatic rings. The van der Waals surface area contributed by atoms with Crippen LogP contribution >= 0.6 is 11.3 Å². The molecule has 2 fully saturated rings. The Hall–Kier alpha value is -1.49. The Balaban J connectivity index is 1.59. The van der Waals surface area contributed by atoms with Crippen molar-refractivity contribution in [3.8, 4) is 0 Å². The number of hydrogen-bond acceptors (Lipinski definition) is 6. The lowest BCUT2D eigenvalue weighted by Crippen LogP contribution is -2.52. The largest absolute Gasteiger partial charge is 0.368 e. The molecule has 0 radical (unpaired) electrons. The highest BCUT2D eigenvalue weighted by Crippen LogP contribution is 2.26. The van der Waals surface area contributed by atoms with E-state index in [-0.39, 0.29) is 35.2 Å². The summed E-state index contributed by atoms with van der Waals surface area (Å²) in [5.74, 6) is -0.192. The minimum atomic E-state index is -3.58. The molecule has 0 spiro atoms. The first-order valence-corrected chi connectivity index (χ1v) is 10.9. The monoisotopic (exact) mass is 401 g/mol. The Labute approximate surface area is 157 Å². The highest BCUT2D eigenvalue weighted by molar-refractivity contribution is 7.91. The van der Waals surface area contributed by atoms with Crippen LogP contribution in [-0.2, 0) is 30.9 Å². The third-order valence-electron chi connectivity index (χ3n) is 4.50. The van der Waals surface area contributed by atoms with Crippen molar-refractivity contribution >= 4 is 33.2 Å². The second-order valence-electron chi connectivity index (χ2n) is 6.36.